The molecule has 0 unspecified atom stereocenters. The summed E-state index contributed by atoms with van der Waals surface area (Å²) in [4.78, 5) is 0. The quantitative estimate of drug-likeness (QED) is 0.833. The molecule has 0 fully saturated rings. The first-order chi connectivity index (χ1) is 9.63. The largest absolute Gasteiger partial charge is 0.494 e. The van der Waals surface area contributed by atoms with E-state index in [-0.39, 0.29) is 12.2 Å². The van der Waals surface area contributed by atoms with Crippen molar-refractivity contribution in [2.75, 3.05) is 11.9 Å². The van der Waals surface area contributed by atoms with Gasteiger partial charge in [0.25, 0.3) is 0 Å². The topological polar surface area (TPSA) is 21.3 Å². The van der Waals surface area contributed by atoms with Gasteiger partial charge in [-0.2, -0.15) is 0 Å². The molecule has 2 aromatic rings. The number of anilines is 1. The molecule has 106 valence electrons. The molecule has 0 saturated heterocycles. The van der Waals surface area contributed by atoms with E-state index in [4.69, 9.17) is 4.74 Å². The van der Waals surface area contributed by atoms with Crippen molar-refractivity contribution in [2.24, 2.45) is 0 Å². The number of para-hydroxylation sites is 1. The number of halogens is 3. The first-order valence-electron chi connectivity index (χ1n) is 6.21. The van der Waals surface area contributed by atoms with Crippen molar-refractivity contribution in [1.29, 1.82) is 0 Å². The standard InChI is InChI=1S/C15H14F3NO/c1-2-20-13-6-4-3-5-10(13)9-19-12-8-7-11(16)14(17)15(12)18/h3-8,19H,2,9H2,1H3. The maximum Gasteiger partial charge on any atom is 0.196 e. The summed E-state index contributed by atoms with van der Waals surface area (Å²) in [7, 11) is 0. The van der Waals surface area contributed by atoms with Gasteiger partial charge in [-0.1, -0.05) is 18.2 Å². The zero-order valence-corrected chi connectivity index (χ0v) is 10.9. The third-order valence-corrected chi connectivity index (χ3v) is 2.78. The van der Waals surface area contributed by atoms with Crippen LogP contribution in [0.3, 0.4) is 0 Å². The first kappa shape index (κ1) is 14.2. The van der Waals surface area contributed by atoms with E-state index in [1.54, 1.807) is 6.07 Å². The molecule has 0 saturated carbocycles. The van der Waals surface area contributed by atoms with Crippen LogP contribution in [-0.2, 0) is 6.54 Å². The average Bonchev–Trinajstić information content (AvgIpc) is 2.46. The normalized spacial score (nSPS) is 10.4. The van der Waals surface area contributed by atoms with Crippen molar-refractivity contribution >= 4 is 5.69 Å². The van der Waals surface area contributed by atoms with Crippen LogP contribution in [0.4, 0.5) is 18.9 Å². The van der Waals surface area contributed by atoms with Crippen LogP contribution >= 0.6 is 0 Å². The zero-order valence-electron chi connectivity index (χ0n) is 10.9. The molecule has 0 aliphatic rings. The van der Waals surface area contributed by atoms with Crippen molar-refractivity contribution in [3.63, 3.8) is 0 Å². The minimum Gasteiger partial charge on any atom is -0.494 e. The van der Waals surface area contributed by atoms with E-state index in [0.29, 0.717) is 12.4 Å². The molecule has 20 heavy (non-hydrogen) atoms. The molecule has 0 aliphatic carbocycles. The highest BCUT2D eigenvalue weighted by Crippen LogP contribution is 2.23. The molecule has 5 heteroatoms. The predicted molar refractivity (Wildman–Crippen MR) is 71.3 cm³/mol. The van der Waals surface area contributed by atoms with E-state index in [0.717, 1.165) is 17.7 Å². The van der Waals surface area contributed by atoms with Gasteiger partial charge in [0.05, 0.1) is 12.3 Å². The summed E-state index contributed by atoms with van der Waals surface area (Å²) < 4.78 is 44.9. The van der Waals surface area contributed by atoms with Crippen LogP contribution in [-0.4, -0.2) is 6.61 Å². The molecule has 0 atom stereocenters. The van der Waals surface area contributed by atoms with Crippen molar-refractivity contribution in [3.05, 3.63) is 59.4 Å². The Morgan fingerprint density at radius 1 is 1.00 bits per heavy atom. The number of ether oxygens (including phenoxy) is 1. The molecular formula is C15H14F3NO. The Bertz CT molecular complexity index is 602. The van der Waals surface area contributed by atoms with Gasteiger partial charge in [0, 0.05) is 12.1 Å². The Hall–Kier alpha value is -2.17. The van der Waals surface area contributed by atoms with Crippen LogP contribution in [0.2, 0.25) is 0 Å². The van der Waals surface area contributed by atoms with Gasteiger partial charge in [0.1, 0.15) is 5.75 Å². The lowest BCUT2D eigenvalue weighted by Gasteiger charge is -2.12. The van der Waals surface area contributed by atoms with Crippen molar-refractivity contribution in [1.82, 2.24) is 0 Å². The van der Waals surface area contributed by atoms with Gasteiger partial charge >= 0.3 is 0 Å². The zero-order chi connectivity index (χ0) is 14.5. The van der Waals surface area contributed by atoms with Gasteiger partial charge in [0.2, 0.25) is 0 Å². The number of nitrogens with one attached hydrogen (secondary N) is 1. The number of hydrogen-bond acceptors (Lipinski definition) is 2. The lowest BCUT2D eigenvalue weighted by Crippen LogP contribution is -2.06. The average molecular weight is 281 g/mol. The maximum atomic E-state index is 13.5. The second kappa shape index (κ2) is 6.32. The summed E-state index contributed by atoms with van der Waals surface area (Å²) in [6.07, 6.45) is 0. The number of rotatable bonds is 5. The maximum absolute atomic E-state index is 13.5. The predicted octanol–water partition coefficient (Wildman–Crippen LogP) is 4.11. The summed E-state index contributed by atoms with van der Waals surface area (Å²) in [6.45, 7) is 2.62. The van der Waals surface area contributed by atoms with E-state index < -0.39 is 17.5 Å². The highest BCUT2D eigenvalue weighted by Gasteiger charge is 2.13. The van der Waals surface area contributed by atoms with Gasteiger partial charge in [-0.15, -0.1) is 0 Å². The van der Waals surface area contributed by atoms with Crippen LogP contribution in [0.25, 0.3) is 0 Å². The second-order valence-electron chi connectivity index (χ2n) is 4.12. The van der Waals surface area contributed by atoms with Crippen molar-refractivity contribution < 1.29 is 17.9 Å². The lowest BCUT2D eigenvalue weighted by atomic mass is 10.2. The van der Waals surface area contributed by atoms with Gasteiger partial charge in [-0.25, -0.2) is 13.2 Å². The van der Waals surface area contributed by atoms with Gasteiger partial charge in [-0.05, 0) is 25.1 Å². The summed E-state index contributed by atoms with van der Waals surface area (Å²) >= 11 is 0. The number of hydrogen-bond donors (Lipinski definition) is 1. The van der Waals surface area contributed by atoms with Crippen molar-refractivity contribution in [3.8, 4) is 5.75 Å². The second-order valence-corrected chi connectivity index (χ2v) is 4.12. The Labute approximate surface area is 115 Å². The number of benzene rings is 2. The highest BCUT2D eigenvalue weighted by molar-refractivity contribution is 5.47. The Morgan fingerprint density at radius 3 is 2.50 bits per heavy atom. The molecule has 2 rings (SSSR count). The fourth-order valence-electron chi connectivity index (χ4n) is 1.80. The van der Waals surface area contributed by atoms with Crippen LogP contribution in [0.5, 0.6) is 5.75 Å². The van der Waals surface area contributed by atoms with Crippen LogP contribution in [0.15, 0.2) is 36.4 Å². The molecule has 0 bridgehead atoms. The third-order valence-electron chi connectivity index (χ3n) is 2.78. The Morgan fingerprint density at radius 2 is 1.75 bits per heavy atom. The summed E-state index contributed by atoms with van der Waals surface area (Å²) in [5.74, 6) is -3.24. The lowest BCUT2D eigenvalue weighted by molar-refractivity contribution is 0.337. The van der Waals surface area contributed by atoms with Crippen LogP contribution in [0.1, 0.15) is 12.5 Å². The Kier molecular flexibility index (Phi) is 4.50. The van der Waals surface area contributed by atoms with E-state index in [9.17, 15) is 13.2 Å². The van der Waals surface area contributed by atoms with E-state index in [1.807, 2.05) is 25.1 Å². The van der Waals surface area contributed by atoms with E-state index in [1.165, 1.54) is 0 Å². The fourth-order valence-corrected chi connectivity index (χ4v) is 1.80. The molecule has 2 aromatic carbocycles. The van der Waals surface area contributed by atoms with E-state index in [2.05, 4.69) is 5.32 Å². The minimum absolute atomic E-state index is 0.0878. The SMILES string of the molecule is CCOc1ccccc1CNc1ccc(F)c(F)c1F. The first-order valence-corrected chi connectivity index (χ1v) is 6.21. The van der Waals surface area contributed by atoms with Crippen LogP contribution < -0.4 is 10.1 Å². The highest BCUT2D eigenvalue weighted by atomic mass is 19.2. The summed E-state index contributed by atoms with van der Waals surface area (Å²) in [5.41, 5.74) is 0.716. The molecule has 0 amide bonds. The monoisotopic (exact) mass is 281 g/mol. The smallest absolute Gasteiger partial charge is 0.196 e. The van der Waals surface area contributed by atoms with Crippen LogP contribution in [0, 0.1) is 17.5 Å². The van der Waals surface area contributed by atoms with Gasteiger partial charge in [0.15, 0.2) is 17.5 Å². The van der Waals surface area contributed by atoms with Gasteiger partial charge in [-0.3, -0.25) is 0 Å². The summed E-state index contributed by atoms with van der Waals surface area (Å²) in [5, 5.41) is 2.73. The molecule has 1 N–H and O–H groups in total. The summed E-state index contributed by atoms with van der Waals surface area (Å²) in [6, 6.07) is 9.30. The molecule has 0 aliphatic heterocycles. The molecule has 0 radical (unpaired) electrons. The molecule has 0 heterocycles. The van der Waals surface area contributed by atoms with Gasteiger partial charge < -0.3 is 10.1 Å². The van der Waals surface area contributed by atoms with Crippen molar-refractivity contribution in [2.45, 2.75) is 13.5 Å². The molecule has 0 aromatic heterocycles. The molecule has 2 nitrogen and oxygen atoms in total. The molecular weight excluding hydrogens is 267 g/mol. The fraction of sp³-hybridized carbons (Fsp3) is 0.200. The third kappa shape index (κ3) is 3.04. The Balaban J connectivity index is 2.15. The molecule has 0 spiro atoms. The minimum atomic E-state index is -1.48. The van der Waals surface area contributed by atoms with E-state index >= 15 is 0 Å².